The van der Waals surface area contributed by atoms with Gasteiger partial charge in [-0.05, 0) is 18.1 Å². The SMILES string of the molecule is Cc1cc(C(=O)NCc2ccccc2CC(=O)O)no1. The zero-order valence-corrected chi connectivity index (χ0v) is 10.9. The molecule has 0 aliphatic rings. The summed E-state index contributed by atoms with van der Waals surface area (Å²) in [6.45, 7) is 1.94. The minimum absolute atomic E-state index is 0.0743. The first kappa shape index (κ1) is 13.8. The summed E-state index contributed by atoms with van der Waals surface area (Å²) in [6, 6.07) is 8.62. The van der Waals surface area contributed by atoms with Gasteiger partial charge >= 0.3 is 5.97 Å². The van der Waals surface area contributed by atoms with Crippen molar-refractivity contribution in [3.05, 3.63) is 52.9 Å². The minimum atomic E-state index is -0.907. The number of hydrogen-bond donors (Lipinski definition) is 2. The molecule has 2 aromatic rings. The Hall–Kier alpha value is -2.63. The zero-order valence-electron chi connectivity index (χ0n) is 10.9. The maximum absolute atomic E-state index is 11.8. The van der Waals surface area contributed by atoms with E-state index in [1.165, 1.54) is 0 Å². The van der Waals surface area contributed by atoms with E-state index in [1.807, 2.05) is 0 Å². The Balaban J connectivity index is 2.03. The topological polar surface area (TPSA) is 92.4 Å². The molecule has 6 nitrogen and oxygen atoms in total. The van der Waals surface area contributed by atoms with Gasteiger partial charge in [-0.2, -0.15) is 0 Å². The molecule has 0 radical (unpaired) electrons. The van der Waals surface area contributed by atoms with Crippen LogP contribution in [0.2, 0.25) is 0 Å². The van der Waals surface area contributed by atoms with E-state index in [9.17, 15) is 9.59 Å². The van der Waals surface area contributed by atoms with E-state index in [2.05, 4.69) is 10.5 Å². The number of amides is 1. The van der Waals surface area contributed by atoms with Crippen LogP contribution < -0.4 is 5.32 Å². The van der Waals surface area contributed by atoms with Gasteiger partial charge in [-0.3, -0.25) is 9.59 Å². The Kier molecular flexibility index (Phi) is 4.14. The fourth-order valence-corrected chi connectivity index (χ4v) is 1.80. The summed E-state index contributed by atoms with van der Waals surface area (Å²) in [5, 5.41) is 15.1. The number of rotatable bonds is 5. The van der Waals surface area contributed by atoms with Crippen LogP contribution in [-0.4, -0.2) is 22.1 Å². The third-order valence-electron chi connectivity index (χ3n) is 2.76. The number of carboxylic acids is 1. The Labute approximate surface area is 115 Å². The lowest BCUT2D eigenvalue weighted by atomic mass is 10.0. The molecule has 0 unspecified atom stereocenters. The van der Waals surface area contributed by atoms with Crippen molar-refractivity contribution >= 4 is 11.9 Å². The zero-order chi connectivity index (χ0) is 14.5. The van der Waals surface area contributed by atoms with Crippen LogP contribution in [0.25, 0.3) is 0 Å². The average molecular weight is 274 g/mol. The molecule has 20 heavy (non-hydrogen) atoms. The highest BCUT2D eigenvalue weighted by molar-refractivity contribution is 5.92. The second kappa shape index (κ2) is 6.01. The highest BCUT2D eigenvalue weighted by Crippen LogP contribution is 2.10. The highest BCUT2D eigenvalue weighted by Gasteiger charge is 2.12. The molecule has 0 bridgehead atoms. The lowest BCUT2D eigenvalue weighted by Crippen LogP contribution is -2.24. The average Bonchev–Trinajstić information content (AvgIpc) is 2.83. The molecule has 1 aromatic carbocycles. The van der Waals surface area contributed by atoms with Gasteiger partial charge in [0.2, 0.25) is 0 Å². The summed E-state index contributed by atoms with van der Waals surface area (Å²) >= 11 is 0. The molecule has 0 saturated heterocycles. The van der Waals surface area contributed by atoms with Crippen molar-refractivity contribution in [1.29, 1.82) is 0 Å². The molecule has 2 N–H and O–H groups in total. The largest absolute Gasteiger partial charge is 0.481 e. The highest BCUT2D eigenvalue weighted by atomic mass is 16.5. The van der Waals surface area contributed by atoms with Gasteiger partial charge in [0, 0.05) is 12.6 Å². The van der Waals surface area contributed by atoms with E-state index in [4.69, 9.17) is 9.63 Å². The Morgan fingerprint density at radius 1 is 1.30 bits per heavy atom. The van der Waals surface area contributed by atoms with E-state index in [0.717, 1.165) is 5.56 Å². The number of carboxylic acid groups (broad SMARTS) is 1. The van der Waals surface area contributed by atoms with Crippen LogP contribution in [0, 0.1) is 6.92 Å². The Morgan fingerprint density at radius 2 is 2.00 bits per heavy atom. The first-order chi connectivity index (χ1) is 9.56. The standard InChI is InChI=1S/C14H14N2O4/c1-9-6-12(16-20-9)14(19)15-8-11-5-3-2-4-10(11)7-13(17)18/h2-6H,7-8H2,1H3,(H,15,19)(H,17,18). The minimum Gasteiger partial charge on any atom is -0.481 e. The predicted octanol–water partition coefficient (Wildman–Crippen LogP) is 1.54. The fraction of sp³-hybridized carbons (Fsp3) is 0.214. The van der Waals surface area contributed by atoms with Gasteiger partial charge in [-0.15, -0.1) is 0 Å². The molecular formula is C14H14N2O4. The van der Waals surface area contributed by atoms with Gasteiger partial charge in [-0.1, -0.05) is 29.4 Å². The van der Waals surface area contributed by atoms with Gasteiger partial charge in [0.25, 0.3) is 5.91 Å². The van der Waals surface area contributed by atoms with Crippen molar-refractivity contribution in [2.45, 2.75) is 19.9 Å². The molecule has 1 heterocycles. The van der Waals surface area contributed by atoms with E-state index in [0.29, 0.717) is 11.3 Å². The van der Waals surface area contributed by atoms with Gasteiger partial charge in [0.05, 0.1) is 6.42 Å². The van der Waals surface area contributed by atoms with Crippen molar-refractivity contribution in [3.8, 4) is 0 Å². The van der Waals surface area contributed by atoms with Crippen LogP contribution in [-0.2, 0) is 17.8 Å². The van der Waals surface area contributed by atoms with Crippen molar-refractivity contribution in [3.63, 3.8) is 0 Å². The number of carbonyl (C=O) groups is 2. The molecule has 2 rings (SSSR count). The molecule has 104 valence electrons. The van der Waals surface area contributed by atoms with Crippen molar-refractivity contribution in [2.24, 2.45) is 0 Å². The molecule has 1 amide bonds. The number of aliphatic carboxylic acids is 1. The summed E-state index contributed by atoms with van der Waals surface area (Å²) < 4.78 is 4.83. The van der Waals surface area contributed by atoms with Gasteiger partial charge < -0.3 is 14.9 Å². The number of aryl methyl sites for hydroxylation is 1. The fourth-order valence-electron chi connectivity index (χ4n) is 1.80. The van der Waals surface area contributed by atoms with Crippen molar-refractivity contribution in [1.82, 2.24) is 10.5 Å². The molecule has 0 atom stereocenters. The molecule has 0 aliphatic carbocycles. The third kappa shape index (κ3) is 3.44. The lowest BCUT2D eigenvalue weighted by molar-refractivity contribution is -0.136. The summed E-state index contributed by atoms with van der Waals surface area (Å²) in [7, 11) is 0. The second-order valence-corrected chi connectivity index (χ2v) is 4.34. The third-order valence-corrected chi connectivity index (χ3v) is 2.76. The van der Waals surface area contributed by atoms with Gasteiger partial charge in [0.15, 0.2) is 5.69 Å². The molecule has 0 saturated carbocycles. The number of aromatic nitrogens is 1. The number of nitrogens with zero attached hydrogens (tertiary/aromatic N) is 1. The van der Waals surface area contributed by atoms with Crippen molar-refractivity contribution in [2.75, 3.05) is 0 Å². The predicted molar refractivity (Wildman–Crippen MR) is 70.2 cm³/mol. The normalized spacial score (nSPS) is 10.2. The summed E-state index contributed by atoms with van der Waals surface area (Å²) in [4.78, 5) is 22.6. The summed E-state index contributed by atoms with van der Waals surface area (Å²) in [6.07, 6.45) is -0.0743. The van der Waals surface area contributed by atoms with Crippen LogP contribution in [0.15, 0.2) is 34.9 Å². The van der Waals surface area contributed by atoms with E-state index >= 15 is 0 Å². The quantitative estimate of drug-likeness (QED) is 0.862. The summed E-state index contributed by atoms with van der Waals surface area (Å²) in [5.74, 6) is -0.704. The van der Waals surface area contributed by atoms with E-state index in [1.54, 1.807) is 37.3 Å². The van der Waals surface area contributed by atoms with Gasteiger partial charge in [-0.25, -0.2) is 0 Å². The lowest BCUT2D eigenvalue weighted by Gasteiger charge is -2.08. The van der Waals surface area contributed by atoms with E-state index in [-0.39, 0.29) is 24.6 Å². The van der Waals surface area contributed by atoms with Gasteiger partial charge in [0.1, 0.15) is 5.76 Å². The number of benzene rings is 1. The first-order valence-electron chi connectivity index (χ1n) is 6.06. The first-order valence-corrected chi connectivity index (χ1v) is 6.06. The second-order valence-electron chi connectivity index (χ2n) is 4.34. The Bertz CT molecular complexity index is 634. The number of carbonyl (C=O) groups excluding carboxylic acids is 1. The molecule has 6 heteroatoms. The molecule has 0 spiro atoms. The van der Waals surface area contributed by atoms with E-state index < -0.39 is 5.97 Å². The van der Waals surface area contributed by atoms with Crippen molar-refractivity contribution < 1.29 is 19.2 Å². The molecular weight excluding hydrogens is 260 g/mol. The van der Waals surface area contributed by atoms with Crippen LogP contribution >= 0.6 is 0 Å². The maximum atomic E-state index is 11.8. The van der Waals surface area contributed by atoms with Crippen LogP contribution in [0.5, 0.6) is 0 Å². The maximum Gasteiger partial charge on any atom is 0.307 e. The molecule has 0 fully saturated rings. The number of hydrogen-bond acceptors (Lipinski definition) is 4. The smallest absolute Gasteiger partial charge is 0.307 e. The molecule has 1 aromatic heterocycles. The van der Waals surface area contributed by atoms with Crippen LogP contribution in [0.1, 0.15) is 27.4 Å². The van der Waals surface area contributed by atoms with Crippen LogP contribution in [0.4, 0.5) is 0 Å². The number of nitrogens with one attached hydrogen (secondary N) is 1. The Morgan fingerprint density at radius 3 is 2.60 bits per heavy atom. The monoisotopic (exact) mass is 274 g/mol. The van der Waals surface area contributed by atoms with Crippen LogP contribution in [0.3, 0.4) is 0 Å². The summed E-state index contributed by atoms with van der Waals surface area (Å²) in [5.41, 5.74) is 1.65. The molecule has 0 aliphatic heterocycles.